The van der Waals surface area contributed by atoms with Crippen LogP contribution in [0.4, 0.5) is 0 Å². The molecule has 1 aromatic rings. The summed E-state index contributed by atoms with van der Waals surface area (Å²) in [4.78, 5) is 2.32. The molecule has 5 heteroatoms. The molecule has 1 aliphatic rings. The zero-order valence-corrected chi connectivity index (χ0v) is 16.4. The van der Waals surface area contributed by atoms with Crippen LogP contribution in [0.2, 0.25) is 0 Å². The first-order valence-corrected chi connectivity index (χ1v) is 8.72. The molecular formula is C15H19Cl3NZr. The molecule has 0 amide bonds. The molecule has 2 rings (SSSR count). The fraction of sp³-hybridized carbons (Fsp3) is 0.333. The summed E-state index contributed by atoms with van der Waals surface area (Å²) in [5.41, 5.74) is 1.53. The Morgan fingerprint density at radius 1 is 1.10 bits per heavy atom. The molecule has 0 fully saturated rings. The van der Waals surface area contributed by atoms with Crippen LogP contribution < -0.4 is 37.2 Å². The molecule has 20 heavy (non-hydrogen) atoms. The Morgan fingerprint density at radius 3 is 2.25 bits per heavy atom. The zero-order chi connectivity index (χ0) is 12.1. The van der Waals surface area contributed by atoms with E-state index in [-0.39, 0.29) is 37.2 Å². The molecule has 109 valence electrons. The van der Waals surface area contributed by atoms with Gasteiger partial charge in [-0.3, -0.25) is 0 Å². The van der Waals surface area contributed by atoms with Gasteiger partial charge in [0, 0.05) is 0 Å². The predicted molar refractivity (Wildman–Crippen MR) is 69.6 cm³/mol. The third-order valence-electron chi connectivity index (χ3n) is 2.88. The summed E-state index contributed by atoms with van der Waals surface area (Å²) in [5, 5.41) is 0. The van der Waals surface area contributed by atoms with Crippen molar-refractivity contribution < 1.29 is 60.5 Å². The molecule has 0 saturated carbocycles. The Bertz CT molecular complexity index is 418. The summed E-state index contributed by atoms with van der Waals surface area (Å²) >= 11 is -0.487. The molecule has 0 radical (unpaired) electrons. The molecule has 1 nitrogen and oxygen atoms in total. The van der Waals surface area contributed by atoms with Crippen molar-refractivity contribution in [2.75, 3.05) is 20.6 Å². The van der Waals surface area contributed by atoms with Gasteiger partial charge in [-0.05, 0) is 0 Å². The maximum absolute atomic E-state index is 2.34. The van der Waals surface area contributed by atoms with Gasteiger partial charge < -0.3 is 37.2 Å². The second-order valence-corrected chi connectivity index (χ2v) is 8.70. The van der Waals surface area contributed by atoms with Gasteiger partial charge in [0.1, 0.15) is 0 Å². The molecule has 1 aromatic carbocycles. The molecule has 1 aliphatic carbocycles. The Hall–Kier alpha value is 0.413. The van der Waals surface area contributed by atoms with Crippen molar-refractivity contribution in [3.05, 3.63) is 57.4 Å². The van der Waals surface area contributed by atoms with Crippen LogP contribution in [0.25, 0.3) is 0 Å². The topological polar surface area (TPSA) is 3.24 Å². The van der Waals surface area contributed by atoms with Crippen LogP contribution in [-0.2, 0) is 23.2 Å². The number of halogens is 3. The van der Waals surface area contributed by atoms with Gasteiger partial charge in [-0.1, -0.05) is 0 Å². The summed E-state index contributed by atoms with van der Waals surface area (Å²) in [5.74, 6) is 0. The van der Waals surface area contributed by atoms with Crippen LogP contribution in [0.5, 0.6) is 0 Å². The van der Waals surface area contributed by atoms with Gasteiger partial charge in [0.2, 0.25) is 0 Å². The van der Waals surface area contributed by atoms with Gasteiger partial charge in [-0.15, -0.1) is 0 Å². The van der Waals surface area contributed by atoms with Crippen LogP contribution in [0.1, 0.15) is 15.6 Å². The standard InChI is InChI=1S/C10H14N.C5H5.3ClH.Zr/c1-11(2)9-8-10-6-4-3-5-7-10;1-2-4-5-3-1;;;;/h3-8H,9H2,1-2H3;1-3H,4H2;3*1H;/q;;;;;+3/p-3. The molecule has 0 aliphatic heterocycles. The minimum Gasteiger partial charge on any atom is -1.00 e. The van der Waals surface area contributed by atoms with Crippen LogP contribution in [0, 0.1) is 0 Å². The van der Waals surface area contributed by atoms with Crippen molar-refractivity contribution in [3.63, 3.8) is 0 Å². The number of hydrogen-bond acceptors (Lipinski definition) is 1. The predicted octanol–water partition coefficient (Wildman–Crippen LogP) is -5.77. The third kappa shape index (κ3) is 7.43. The maximum Gasteiger partial charge on any atom is -1.00 e. The molecule has 0 N–H and O–H groups in total. The van der Waals surface area contributed by atoms with Gasteiger partial charge >= 0.3 is 116 Å². The number of rotatable bonds is 5. The van der Waals surface area contributed by atoms with Crippen molar-refractivity contribution in [3.8, 4) is 0 Å². The normalized spacial score (nSPS) is 13.4. The van der Waals surface area contributed by atoms with E-state index in [0.29, 0.717) is 0 Å². The quantitative estimate of drug-likeness (QED) is 0.467. The third-order valence-corrected chi connectivity index (χ3v) is 6.83. The molecule has 1 unspecified atom stereocenters. The number of benzene rings is 1. The Kier molecular flexibility index (Phi) is 13.6. The van der Waals surface area contributed by atoms with E-state index < -0.39 is 23.2 Å². The first-order valence-electron chi connectivity index (χ1n) is 6.07. The molecule has 0 spiro atoms. The molecule has 1 atom stereocenters. The second kappa shape index (κ2) is 12.0. The van der Waals surface area contributed by atoms with E-state index in [9.17, 15) is 0 Å². The summed E-state index contributed by atoms with van der Waals surface area (Å²) in [6.45, 7) is 1.19. The monoisotopic (exact) mass is 408 g/mol. The fourth-order valence-corrected chi connectivity index (χ4v) is 6.22. The van der Waals surface area contributed by atoms with Crippen LogP contribution in [0.15, 0.2) is 51.8 Å². The van der Waals surface area contributed by atoms with Crippen molar-refractivity contribution in [1.82, 2.24) is 4.90 Å². The average Bonchev–Trinajstić information content (AvgIpc) is 2.82. The summed E-state index contributed by atoms with van der Waals surface area (Å²) < 4.78 is 2.50. The summed E-state index contributed by atoms with van der Waals surface area (Å²) in [7, 11) is 4.35. The molecule has 0 bridgehead atoms. The number of likely N-dealkylation sites (N-methyl/N-ethyl adjacent to an activating group) is 1. The first kappa shape index (κ1) is 22.7. The van der Waals surface area contributed by atoms with Crippen molar-refractivity contribution in [1.29, 1.82) is 0 Å². The van der Waals surface area contributed by atoms with E-state index in [1.165, 1.54) is 18.5 Å². The van der Waals surface area contributed by atoms with E-state index >= 15 is 0 Å². The van der Waals surface area contributed by atoms with Gasteiger partial charge in [-0.2, -0.15) is 0 Å². The molecular weight excluding hydrogens is 392 g/mol. The smallest absolute Gasteiger partial charge is 1.00 e. The average molecular weight is 411 g/mol. The largest absolute Gasteiger partial charge is 1.00 e. The SMILES string of the molecule is CN(C)C[CH]([Zr+3][C]1=CC=CC1)c1ccccc1.[Cl-].[Cl-].[Cl-]. The minimum absolute atomic E-state index is 0. The zero-order valence-electron chi connectivity index (χ0n) is 11.7. The van der Waals surface area contributed by atoms with Gasteiger partial charge in [0.15, 0.2) is 0 Å². The Labute approximate surface area is 152 Å². The van der Waals surface area contributed by atoms with E-state index in [2.05, 4.69) is 67.6 Å². The number of hydrogen-bond donors (Lipinski definition) is 0. The van der Waals surface area contributed by atoms with E-state index in [4.69, 9.17) is 0 Å². The van der Waals surface area contributed by atoms with Gasteiger partial charge in [-0.25, -0.2) is 0 Å². The van der Waals surface area contributed by atoms with Crippen LogP contribution >= 0.6 is 0 Å². The van der Waals surface area contributed by atoms with Gasteiger partial charge in [0.05, 0.1) is 0 Å². The second-order valence-electron chi connectivity index (χ2n) is 4.69. The molecule has 0 aromatic heterocycles. The van der Waals surface area contributed by atoms with Crippen molar-refractivity contribution >= 4 is 0 Å². The molecule has 0 saturated heterocycles. The maximum atomic E-state index is 2.34. The van der Waals surface area contributed by atoms with Crippen LogP contribution in [0.3, 0.4) is 0 Å². The van der Waals surface area contributed by atoms with Crippen LogP contribution in [-0.4, -0.2) is 25.5 Å². The summed E-state index contributed by atoms with van der Waals surface area (Å²) in [6, 6.07) is 11.0. The Balaban J connectivity index is 0. The van der Waals surface area contributed by atoms with Crippen molar-refractivity contribution in [2.24, 2.45) is 0 Å². The van der Waals surface area contributed by atoms with E-state index in [0.717, 1.165) is 3.63 Å². The van der Waals surface area contributed by atoms with E-state index in [1.807, 2.05) is 0 Å². The fourth-order valence-electron chi connectivity index (χ4n) is 2.06. The molecule has 0 heterocycles. The van der Waals surface area contributed by atoms with Gasteiger partial charge in [0.25, 0.3) is 0 Å². The minimum atomic E-state index is -0.487. The number of allylic oxidation sites excluding steroid dienone is 4. The summed E-state index contributed by atoms with van der Waals surface area (Å²) in [6.07, 6.45) is 8.06. The number of nitrogens with zero attached hydrogens (tertiary/aromatic N) is 1. The first-order chi connectivity index (χ1) is 8.25. The Morgan fingerprint density at radius 2 is 1.75 bits per heavy atom. The van der Waals surface area contributed by atoms with E-state index in [1.54, 1.807) is 3.28 Å². The van der Waals surface area contributed by atoms with Crippen molar-refractivity contribution in [2.45, 2.75) is 10.0 Å².